The van der Waals surface area contributed by atoms with Crippen molar-refractivity contribution < 1.29 is 0 Å². The molecular formula is C16H29N3. The van der Waals surface area contributed by atoms with Crippen molar-refractivity contribution in [1.82, 2.24) is 14.8 Å². The van der Waals surface area contributed by atoms with Crippen molar-refractivity contribution in [3.8, 4) is 0 Å². The highest BCUT2D eigenvalue weighted by atomic mass is 15.1. The predicted molar refractivity (Wildman–Crippen MR) is 81.3 cm³/mol. The van der Waals surface area contributed by atoms with Crippen LogP contribution in [0.1, 0.15) is 44.7 Å². The van der Waals surface area contributed by atoms with Gasteiger partial charge < -0.3 is 14.8 Å². The number of aromatic nitrogens is 1. The summed E-state index contributed by atoms with van der Waals surface area (Å²) in [5, 5.41) is 3.58. The summed E-state index contributed by atoms with van der Waals surface area (Å²) in [7, 11) is 2.28. The Labute approximate surface area is 118 Å². The molecular weight excluding hydrogens is 234 g/mol. The summed E-state index contributed by atoms with van der Waals surface area (Å²) >= 11 is 0. The third-order valence-electron chi connectivity index (χ3n) is 4.28. The lowest BCUT2D eigenvalue weighted by Crippen LogP contribution is -2.35. The molecule has 0 aliphatic heterocycles. The van der Waals surface area contributed by atoms with Gasteiger partial charge in [-0.2, -0.15) is 0 Å². The van der Waals surface area contributed by atoms with Crippen LogP contribution >= 0.6 is 0 Å². The monoisotopic (exact) mass is 263 g/mol. The van der Waals surface area contributed by atoms with Crippen LogP contribution in [0.5, 0.6) is 0 Å². The van der Waals surface area contributed by atoms with E-state index in [-0.39, 0.29) is 0 Å². The van der Waals surface area contributed by atoms with Crippen molar-refractivity contribution in [3.63, 3.8) is 0 Å². The molecule has 1 aliphatic carbocycles. The number of rotatable bonds is 8. The van der Waals surface area contributed by atoms with Gasteiger partial charge in [-0.25, -0.2) is 0 Å². The van der Waals surface area contributed by atoms with Gasteiger partial charge in [0.15, 0.2) is 0 Å². The Kier molecular flexibility index (Phi) is 5.93. The van der Waals surface area contributed by atoms with E-state index in [2.05, 4.69) is 47.1 Å². The molecule has 1 heterocycles. The molecule has 1 aromatic rings. The second kappa shape index (κ2) is 7.71. The van der Waals surface area contributed by atoms with E-state index >= 15 is 0 Å². The average Bonchev–Trinajstić information content (AvgIpc) is 3.06. The van der Waals surface area contributed by atoms with Crippen LogP contribution in [0.25, 0.3) is 0 Å². The van der Waals surface area contributed by atoms with Crippen LogP contribution < -0.4 is 5.32 Å². The van der Waals surface area contributed by atoms with E-state index in [4.69, 9.17) is 0 Å². The molecule has 0 bridgehead atoms. The fourth-order valence-corrected chi connectivity index (χ4v) is 3.07. The standard InChI is InChI=1S/C16H29N3/c1-3-11-19-12-6-9-16(19)14-17-10-13-18(2)15-7-4-5-8-15/h6,9,12,15,17H,3-5,7-8,10-11,13-14H2,1-2H3. The average molecular weight is 263 g/mol. The maximum Gasteiger partial charge on any atom is 0.0359 e. The SMILES string of the molecule is CCCn1cccc1CNCCN(C)C1CCCC1. The van der Waals surface area contributed by atoms with Gasteiger partial charge in [0.25, 0.3) is 0 Å². The van der Waals surface area contributed by atoms with Crippen LogP contribution in [0.3, 0.4) is 0 Å². The first-order chi connectivity index (χ1) is 9.31. The molecule has 1 aliphatic rings. The summed E-state index contributed by atoms with van der Waals surface area (Å²) in [5.74, 6) is 0. The molecule has 108 valence electrons. The first kappa shape index (κ1) is 14.6. The largest absolute Gasteiger partial charge is 0.350 e. The van der Waals surface area contributed by atoms with E-state index in [1.807, 2.05) is 0 Å². The molecule has 19 heavy (non-hydrogen) atoms. The van der Waals surface area contributed by atoms with Crippen molar-refractivity contribution in [3.05, 3.63) is 24.0 Å². The third-order valence-corrected chi connectivity index (χ3v) is 4.28. The molecule has 0 aromatic carbocycles. The fourth-order valence-electron chi connectivity index (χ4n) is 3.07. The van der Waals surface area contributed by atoms with Gasteiger partial charge in [-0.3, -0.25) is 0 Å². The summed E-state index contributed by atoms with van der Waals surface area (Å²) in [5.41, 5.74) is 1.41. The van der Waals surface area contributed by atoms with Crippen LogP contribution in [0.4, 0.5) is 0 Å². The van der Waals surface area contributed by atoms with E-state index in [9.17, 15) is 0 Å². The molecule has 1 saturated carbocycles. The van der Waals surface area contributed by atoms with Crippen molar-refractivity contribution in [2.75, 3.05) is 20.1 Å². The lowest BCUT2D eigenvalue weighted by atomic mass is 10.2. The van der Waals surface area contributed by atoms with Gasteiger partial charge in [-0.15, -0.1) is 0 Å². The third kappa shape index (κ3) is 4.36. The van der Waals surface area contributed by atoms with Gasteiger partial charge in [0.05, 0.1) is 0 Å². The zero-order chi connectivity index (χ0) is 13.5. The highest BCUT2D eigenvalue weighted by Crippen LogP contribution is 2.21. The summed E-state index contributed by atoms with van der Waals surface area (Å²) < 4.78 is 2.35. The van der Waals surface area contributed by atoms with Gasteiger partial charge >= 0.3 is 0 Å². The number of nitrogens with zero attached hydrogens (tertiary/aromatic N) is 2. The number of aryl methyl sites for hydroxylation is 1. The quantitative estimate of drug-likeness (QED) is 0.728. The number of hydrogen-bond acceptors (Lipinski definition) is 2. The zero-order valence-corrected chi connectivity index (χ0v) is 12.6. The molecule has 1 aromatic heterocycles. The van der Waals surface area contributed by atoms with Gasteiger partial charge in [-0.05, 0) is 38.4 Å². The maximum atomic E-state index is 3.58. The first-order valence-corrected chi connectivity index (χ1v) is 7.86. The Bertz CT molecular complexity index is 353. The predicted octanol–water partition coefficient (Wildman–Crippen LogP) is 2.86. The zero-order valence-electron chi connectivity index (χ0n) is 12.6. The number of nitrogens with one attached hydrogen (secondary N) is 1. The van der Waals surface area contributed by atoms with Crippen LogP contribution in [0.2, 0.25) is 0 Å². The Balaban J connectivity index is 1.64. The van der Waals surface area contributed by atoms with E-state index in [0.717, 1.165) is 25.7 Å². The highest BCUT2D eigenvalue weighted by molar-refractivity contribution is 5.06. The Hall–Kier alpha value is -0.800. The van der Waals surface area contributed by atoms with Gasteiger partial charge in [0, 0.05) is 44.1 Å². The van der Waals surface area contributed by atoms with Gasteiger partial charge in [0.2, 0.25) is 0 Å². The van der Waals surface area contributed by atoms with Gasteiger partial charge in [-0.1, -0.05) is 19.8 Å². The lowest BCUT2D eigenvalue weighted by Gasteiger charge is -2.24. The maximum absolute atomic E-state index is 3.58. The fraction of sp³-hybridized carbons (Fsp3) is 0.750. The molecule has 1 N–H and O–H groups in total. The molecule has 2 rings (SSSR count). The molecule has 0 atom stereocenters. The molecule has 1 fully saturated rings. The Morgan fingerprint density at radius 3 is 2.89 bits per heavy atom. The van der Waals surface area contributed by atoms with Crippen molar-refractivity contribution >= 4 is 0 Å². The van der Waals surface area contributed by atoms with Crippen molar-refractivity contribution in [2.45, 2.75) is 58.2 Å². The topological polar surface area (TPSA) is 20.2 Å². The Morgan fingerprint density at radius 1 is 1.37 bits per heavy atom. The summed E-state index contributed by atoms with van der Waals surface area (Å²) in [4.78, 5) is 2.53. The number of hydrogen-bond donors (Lipinski definition) is 1. The van der Waals surface area contributed by atoms with E-state index < -0.39 is 0 Å². The molecule has 0 amide bonds. The summed E-state index contributed by atoms with van der Waals surface area (Å²) in [6, 6.07) is 5.21. The van der Waals surface area contributed by atoms with Crippen molar-refractivity contribution in [1.29, 1.82) is 0 Å². The minimum absolute atomic E-state index is 0.839. The smallest absolute Gasteiger partial charge is 0.0359 e. The second-order valence-electron chi connectivity index (χ2n) is 5.79. The normalized spacial score (nSPS) is 16.6. The molecule has 0 radical (unpaired) electrons. The molecule has 3 heteroatoms. The van der Waals surface area contributed by atoms with Crippen LogP contribution in [0, 0.1) is 0 Å². The minimum atomic E-state index is 0.839. The summed E-state index contributed by atoms with van der Waals surface area (Å²) in [6.45, 7) is 6.61. The Morgan fingerprint density at radius 2 is 2.16 bits per heavy atom. The van der Waals surface area contributed by atoms with E-state index in [1.165, 1.54) is 44.3 Å². The molecule has 0 spiro atoms. The number of likely N-dealkylation sites (N-methyl/N-ethyl adjacent to an activating group) is 1. The molecule has 0 saturated heterocycles. The minimum Gasteiger partial charge on any atom is -0.350 e. The van der Waals surface area contributed by atoms with Crippen molar-refractivity contribution in [2.24, 2.45) is 0 Å². The van der Waals surface area contributed by atoms with Crippen LogP contribution in [-0.4, -0.2) is 35.6 Å². The summed E-state index contributed by atoms with van der Waals surface area (Å²) in [6.07, 6.45) is 9.03. The first-order valence-electron chi connectivity index (χ1n) is 7.86. The molecule has 0 unspecified atom stereocenters. The molecule has 3 nitrogen and oxygen atoms in total. The van der Waals surface area contributed by atoms with Crippen LogP contribution in [-0.2, 0) is 13.1 Å². The second-order valence-corrected chi connectivity index (χ2v) is 5.79. The van der Waals surface area contributed by atoms with Gasteiger partial charge in [0.1, 0.15) is 0 Å². The van der Waals surface area contributed by atoms with Crippen LogP contribution in [0.15, 0.2) is 18.3 Å². The highest BCUT2D eigenvalue weighted by Gasteiger charge is 2.18. The lowest BCUT2D eigenvalue weighted by molar-refractivity contribution is 0.245. The van der Waals surface area contributed by atoms with E-state index in [0.29, 0.717) is 0 Å². The van der Waals surface area contributed by atoms with E-state index in [1.54, 1.807) is 0 Å².